The van der Waals surface area contributed by atoms with Crippen LogP contribution in [0.5, 0.6) is 0 Å². The summed E-state index contributed by atoms with van der Waals surface area (Å²) in [5, 5.41) is 10.5. The number of nitrogens with zero attached hydrogens (tertiary/aromatic N) is 1. The fourth-order valence-corrected chi connectivity index (χ4v) is 1.72. The van der Waals surface area contributed by atoms with Crippen LogP contribution < -0.4 is 34.7 Å². The van der Waals surface area contributed by atoms with Gasteiger partial charge in [0.2, 0.25) is 5.91 Å². The molecular weight excluding hydrogens is 260 g/mol. The summed E-state index contributed by atoms with van der Waals surface area (Å²) in [4.78, 5) is 23.5. The fourth-order valence-electron chi connectivity index (χ4n) is 1.72. The van der Waals surface area contributed by atoms with Gasteiger partial charge in [-0.15, -0.1) is 0 Å². The molecule has 1 amide bonds. The van der Waals surface area contributed by atoms with Crippen molar-refractivity contribution in [1.82, 2.24) is 4.90 Å². The Labute approximate surface area is 137 Å². The third-order valence-electron chi connectivity index (χ3n) is 2.77. The summed E-state index contributed by atoms with van der Waals surface area (Å²) in [7, 11) is 0. The first-order chi connectivity index (χ1) is 8.51. The van der Waals surface area contributed by atoms with E-state index in [4.69, 9.17) is 0 Å². The Balaban J connectivity index is 0. The molecule has 4 nitrogen and oxygen atoms in total. The number of carbonyl (C=O) groups is 2. The zero-order valence-corrected chi connectivity index (χ0v) is 14.3. The molecule has 106 valence electrons. The molecule has 0 N–H and O–H groups in total. The molecule has 0 aliphatic carbocycles. The first-order valence-corrected chi connectivity index (χ1v) is 6.62. The molecule has 0 aromatic carbocycles. The van der Waals surface area contributed by atoms with Crippen molar-refractivity contribution in [3.8, 4) is 0 Å². The van der Waals surface area contributed by atoms with E-state index in [9.17, 15) is 19.1 Å². The Morgan fingerprint density at radius 1 is 1.26 bits per heavy atom. The molecule has 0 heterocycles. The number of hydrogen-bond acceptors (Lipinski definition) is 3. The SMILES string of the molecule is CCCN(CC(=O)[O-])C(=O)CCCCC(F)CC.[Na+]. The average molecular weight is 283 g/mol. The van der Waals surface area contributed by atoms with Crippen LogP contribution in [0.15, 0.2) is 0 Å². The maximum absolute atomic E-state index is 12.9. The van der Waals surface area contributed by atoms with E-state index in [1.54, 1.807) is 6.92 Å². The minimum absolute atomic E-state index is 0. The standard InChI is InChI=1S/C13H24FNO3.Na/c1-3-9-15(10-13(17)18)12(16)8-6-5-7-11(14)4-2;/h11H,3-10H2,1-2H3,(H,17,18);/q;+1/p-1. The number of halogens is 1. The van der Waals surface area contributed by atoms with Crippen molar-refractivity contribution in [2.75, 3.05) is 13.1 Å². The van der Waals surface area contributed by atoms with Crippen molar-refractivity contribution in [3.63, 3.8) is 0 Å². The molecule has 1 atom stereocenters. The van der Waals surface area contributed by atoms with Crippen LogP contribution in [0.4, 0.5) is 4.39 Å². The second-order valence-corrected chi connectivity index (χ2v) is 4.44. The molecule has 0 aliphatic rings. The predicted molar refractivity (Wildman–Crippen MR) is 65.5 cm³/mol. The average Bonchev–Trinajstić information content (AvgIpc) is 2.32. The second-order valence-electron chi connectivity index (χ2n) is 4.44. The molecule has 0 rings (SSSR count). The maximum Gasteiger partial charge on any atom is 1.00 e. The van der Waals surface area contributed by atoms with Crippen molar-refractivity contribution >= 4 is 11.9 Å². The molecule has 1 unspecified atom stereocenters. The minimum Gasteiger partial charge on any atom is -0.548 e. The van der Waals surface area contributed by atoms with Crippen LogP contribution in [-0.4, -0.2) is 36.0 Å². The van der Waals surface area contributed by atoms with Crippen LogP contribution in [0.2, 0.25) is 0 Å². The molecule has 0 aliphatic heterocycles. The van der Waals surface area contributed by atoms with Crippen LogP contribution in [-0.2, 0) is 9.59 Å². The van der Waals surface area contributed by atoms with Crippen LogP contribution in [0.3, 0.4) is 0 Å². The first-order valence-electron chi connectivity index (χ1n) is 6.62. The van der Waals surface area contributed by atoms with Gasteiger partial charge in [0.05, 0.1) is 18.7 Å². The van der Waals surface area contributed by atoms with Crippen LogP contribution >= 0.6 is 0 Å². The third-order valence-corrected chi connectivity index (χ3v) is 2.77. The van der Waals surface area contributed by atoms with Gasteiger partial charge in [-0.2, -0.15) is 0 Å². The number of hydrogen-bond donors (Lipinski definition) is 0. The van der Waals surface area contributed by atoms with Crippen molar-refractivity contribution in [3.05, 3.63) is 0 Å². The van der Waals surface area contributed by atoms with Crippen molar-refractivity contribution in [1.29, 1.82) is 0 Å². The van der Waals surface area contributed by atoms with E-state index in [1.165, 1.54) is 4.90 Å². The molecule has 0 saturated heterocycles. The molecule has 0 aromatic heterocycles. The molecule has 0 bridgehead atoms. The second kappa shape index (κ2) is 12.9. The Morgan fingerprint density at radius 2 is 1.89 bits per heavy atom. The van der Waals surface area contributed by atoms with Crippen LogP contribution in [0.1, 0.15) is 52.4 Å². The van der Waals surface area contributed by atoms with E-state index in [2.05, 4.69) is 0 Å². The number of aliphatic carboxylic acids is 1. The number of carboxylic acid groups (broad SMARTS) is 1. The van der Waals surface area contributed by atoms with Crippen molar-refractivity contribution in [2.45, 2.75) is 58.5 Å². The number of amides is 1. The van der Waals surface area contributed by atoms with Gasteiger partial charge < -0.3 is 14.8 Å². The smallest absolute Gasteiger partial charge is 0.548 e. The summed E-state index contributed by atoms with van der Waals surface area (Å²) in [6, 6.07) is 0. The Morgan fingerprint density at radius 3 is 2.37 bits per heavy atom. The van der Waals surface area contributed by atoms with Gasteiger partial charge in [-0.05, 0) is 25.7 Å². The first kappa shape index (κ1) is 21.2. The zero-order valence-electron chi connectivity index (χ0n) is 12.3. The monoisotopic (exact) mass is 283 g/mol. The molecule has 19 heavy (non-hydrogen) atoms. The normalized spacial score (nSPS) is 11.5. The molecule has 0 radical (unpaired) electrons. The van der Waals surface area contributed by atoms with Gasteiger partial charge in [0.1, 0.15) is 0 Å². The third kappa shape index (κ3) is 11.4. The van der Waals surface area contributed by atoms with E-state index in [1.807, 2.05) is 6.92 Å². The number of carbonyl (C=O) groups excluding carboxylic acids is 2. The number of carboxylic acids is 1. The number of unbranched alkanes of at least 4 members (excludes halogenated alkanes) is 1. The quantitative estimate of drug-likeness (QED) is 0.354. The Hall–Kier alpha value is -0.130. The van der Waals surface area contributed by atoms with Gasteiger partial charge in [-0.1, -0.05) is 20.3 Å². The van der Waals surface area contributed by atoms with Gasteiger partial charge in [-0.25, -0.2) is 4.39 Å². The van der Waals surface area contributed by atoms with Crippen molar-refractivity contribution < 1.29 is 48.6 Å². The van der Waals surface area contributed by atoms with E-state index < -0.39 is 12.1 Å². The van der Waals surface area contributed by atoms with Crippen molar-refractivity contribution in [2.24, 2.45) is 0 Å². The Bertz CT molecular complexity index is 264. The molecule has 0 spiro atoms. The van der Waals surface area contributed by atoms with E-state index in [0.717, 1.165) is 0 Å². The summed E-state index contributed by atoms with van der Waals surface area (Å²) in [6.45, 7) is 3.74. The predicted octanol–water partition coefficient (Wildman–Crippen LogP) is -1.71. The Kier molecular flexibility index (Phi) is 14.4. The topological polar surface area (TPSA) is 60.4 Å². The van der Waals surface area contributed by atoms with Gasteiger partial charge in [0, 0.05) is 13.0 Å². The zero-order chi connectivity index (χ0) is 14.0. The molecular formula is C13H23FNNaO3. The summed E-state index contributed by atoms with van der Waals surface area (Å²) in [6.07, 6.45) is 2.43. The van der Waals surface area contributed by atoms with Gasteiger partial charge in [0.15, 0.2) is 0 Å². The van der Waals surface area contributed by atoms with E-state index in [-0.39, 0.29) is 48.4 Å². The van der Waals surface area contributed by atoms with Gasteiger partial charge in [0.25, 0.3) is 0 Å². The van der Waals surface area contributed by atoms with E-state index >= 15 is 0 Å². The summed E-state index contributed by atoms with van der Waals surface area (Å²) in [5.74, 6) is -1.43. The minimum atomic E-state index is -1.24. The molecule has 0 saturated carbocycles. The summed E-state index contributed by atoms with van der Waals surface area (Å²) < 4.78 is 12.9. The summed E-state index contributed by atoms with van der Waals surface area (Å²) >= 11 is 0. The van der Waals surface area contributed by atoms with Crippen LogP contribution in [0, 0.1) is 0 Å². The largest absolute Gasteiger partial charge is 1.00 e. The summed E-state index contributed by atoms with van der Waals surface area (Å²) in [5.41, 5.74) is 0. The fraction of sp³-hybridized carbons (Fsp3) is 0.846. The molecule has 0 aromatic rings. The van der Waals surface area contributed by atoms with Gasteiger partial charge in [-0.3, -0.25) is 4.79 Å². The maximum atomic E-state index is 12.9. The number of rotatable bonds is 10. The van der Waals surface area contributed by atoms with Crippen LogP contribution in [0.25, 0.3) is 0 Å². The van der Waals surface area contributed by atoms with E-state index in [0.29, 0.717) is 38.6 Å². The van der Waals surface area contributed by atoms with Gasteiger partial charge >= 0.3 is 29.6 Å². The molecule has 6 heteroatoms. The number of alkyl halides is 1. The molecule has 0 fully saturated rings.